The van der Waals surface area contributed by atoms with Gasteiger partial charge >= 0.3 is 0 Å². The van der Waals surface area contributed by atoms with Gasteiger partial charge in [-0.2, -0.15) is 5.10 Å². The van der Waals surface area contributed by atoms with Gasteiger partial charge in [-0.3, -0.25) is 4.99 Å². The van der Waals surface area contributed by atoms with Crippen LogP contribution in [-0.4, -0.2) is 66.8 Å². The van der Waals surface area contributed by atoms with Crippen molar-refractivity contribution in [1.82, 2.24) is 25.4 Å². The van der Waals surface area contributed by atoms with Crippen LogP contribution in [0, 0.1) is 5.92 Å². The van der Waals surface area contributed by atoms with E-state index in [0.29, 0.717) is 17.9 Å². The number of fused-ring (bicyclic) bond motifs is 1. The number of rotatable bonds is 8. The van der Waals surface area contributed by atoms with Gasteiger partial charge in [0.05, 0.1) is 6.54 Å². The number of aliphatic imine (C=N–C) groups is 1. The third-order valence-electron chi connectivity index (χ3n) is 5.41. The van der Waals surface area contributed by atoms with Crippen molar-refractivity contribution in [3.05, 3.63) is 11.6 Å². The highest BCUT2D eigenvalue weighted by Crippen LogP contribution is 2.17. The number of aryl methyl sites for hydroxylation is 1. The number of nitrogens with one attached hydrogen (secondary N) is 2. The molecule has 0 aromatic carbocycles. The minimum absolute atomic E-state index is 0. The molecule has 0 spiro atoms. The van der Waals surface area contributed by atoms with Crippen molar-refractivity contribution in [3.8, 4) is 0 Å². The summed E-state index contributed by atoms with van der Waals surface area (Å²) in [4.78, 5) is 9.01. The summed E-state index contributed by atoms with van der Waals surface area (Å²) in [6, 6.07) is 0.324. The minimum Gasteiger partial charge on any atom is -0.381 e. The number of aromatic nitrogens is 3. The average molecular weight is 520 g/mol. The molecule has 1 aromatic heterocycles. The Morgan fingerprint density at radius 2 is 2.10 bits per heavy atom. The van der Waals surface area contributed by atoms with Gasteiger partial charge < -0.3 is 20.1 Å². The van der Waals surface area contributed by atoms with Crippen LogP contribution < -0.4 is 10.6 Å². The number of guanidine groups is 1. The summed E-state index contributed by atoms with van der Waals surface area (Å²) in [6.45, 7) is 9.37. The Balaban J connectivity index is 0.00000300. The Kier molecular flexibility index (Phi) is 10.6. The Morgan fingerprint density at radius 3 is 2.83 bits per heavy atom. The predicted molar refractivity (Wildman–Crippen MR) is 125 cm³/mol. The summed E-state index contributed by atoms with van der Waals surface area (Å²) in [5.41, 5.74) is 0. The molecule has 0 aliphatic carbocycles. The third-order valence-corrected chi connectivity index (χ3v) is 5.41. The normalized spacial score (nSPS) is 20.3. The summed E-state index contributed by atoms with van der Waals surface area (Å²) in [5, 5.41) is 11.6. The smallest absolute Gasteiger partial charge is 0.191 e. The summed E-state index contributed by atoms with van der Waals surface area (Å²) in [6.07, 6.45) is 5.23. The van der Waals surface area contributed by atoms with Crippen molar-refractivity contribution < 1.29 is 9.47 Å². The SMILES string of the molecule is CN=C(NCCCOCC1CCOCC1)NC1CCc2nc(C(C)C)nn2C1.I. The molecule has 0 saturated carbocycles. The van der Waals surface area contributed by atoms with Crippen molar-refractivity contribution >= 4 is 29.9 Å². The molecule has 1 unspecified atom stereocenters. The van der Waals surface area contributed by atoms with E-state index >= 15 is 0 Å². The second kappa shape index (κ2) is 12.7. The zero-order valence-electron chi connectivity index (χ0n) is 18.0. The van der Waals surface area contributed by atoms with Crippen molar-refractivity contribution in [2.24, 2.45) is 10.9 Å². The van der Waals surface area contributed by atoms with Gasteiger partial charge in [-0.25, -0.2) is 9.67 Å². The fourth-order valence-electron chi connectivity index (χ4n) is 3.62. The van der Waals surface area contributed by atoms with Crippen LogP contribution in [0.3, 0.4) is 0 Å². The van der Waals surface area contributed by atoms with E-state index in [4.69, 9.17) is 9.47 Å². The highest BCUT2D eigenvalue weighted by Gasteiger charge is 2.23. The first-order valence-corrected chi connectivity index (χ1v) is 10.7. The molecule has 9 heteroatoms. The number of hydrogen-bond acceptors (Lipinski definition) is 5. The predicted octanol–water partition coefficient (Wildman–Crippen LogP) is 2.33. The molecule has 1 fully saturated rings. The van der Waals surface area contributed by atoms with Gasteiger partial charge in [-0.05, 0) is 31.6 Å². The zero-order chi connectivity index (χ0) is 19.8. The molecule has 166 valence electrons. The van der Waals surface area contributed by atoms with Gasteiger partial charge in [0.25, 0.3) is 0 Å². The molecule has 0 radical (unpaired) electrons. The average Bonchev–Trinajstić information content (AvgIpc) is 3.14. The number of ether oxygens (including phenoxy) is 2. The first-order chi connectivity index (χ1) is 13.7. The lowest BCUT2D eigenvalue weighted by Crippen LogP contribution is -2.47. The maximum Gasteiger partial charge on any atom is 0.191 e. The van der Waals surface area contributed by atoms with Crippen LogP contribution >= 0.6 is 24.0 Å². The number of hydrogen-bond donors (Lipinski definition) is 2. The fraction of sp³-hybridized carbons (Fsp3) is 0.850. The summed E-state index contributed by atoms with van der Waals surface area (Å²) < 4.78 is 13.3. The second-order valence-corrected chi connectivity index (χ2v) is 8.09. The molecule has 3 rings (SSSR count). The molecule has 0 amide bonds. The highest BCUT2D eigenvalue weighted by atomic mass is 127. The Hall–Kier alpha value is -0.940. The molecule has 2 aliphatic heterocycles. The molecule has 1 atom stereocenters. The first-order valence-electron chi connectivity index (χ1n) is 10.7. The summed E-state index contributed by atoms with van der Waals surface area (Å²) >= 11 is 0. The maximum atomic E-state index is 5.82. The largest absolute Gasteiger partial charge is 0.381 e. The van der Waals surface area contributed by atoms with E-state index in [9.17, 15) is 0 Å². The van der Waals surface area contributed by atoms with Gasteiger partial charge in [-0.15, -0.1) is 24.0 Å². The Labute approximate surface area is 191 Å². The molecule has 29 heavy (non-hydrogen) atoms. The molecule has 2 N–H and O–H groups in total. The monoisotopic (exact) mass is 520 g/mol. The van der Waals surface area contributed by atoms with Gasteiger partial charge in [0, 0.05) is 58.4 Å². The molecule has 3 heterocycles. The molecule has 8 nitrogen and oxygen atoms in total. The molecule has 1 aromatic rings. The van der Waals surface area contributed by atoms with E-state index in [1.807, 2.05) is 11.7 Å². The van der Waals surface area contributed by atoms with Crippen LogP contribution in [-0.2, 0) is 22.4 Å². The van der Waals surface area contributed by atoms with E-state index in [-0.39, 0.29) is 24.0 Å². The van der Waals surface area contributed by atoms with Crippen molar-refractivity contribution in [3.63, 3.8) is 0 Å². The highest BCUT2D eigenvalue weighted by molar-refractivity contribution is 14.0. The van der Waals surface area contributed by atoms with Gasteiger partial charge in [-0.1, -0.05) is 13.8 Å². The van der Waals surface area contributed by atoms with Gasteiger partial charge in [0.15, 0.2) is 11.8 Å². The van der Waals surface area contributed by atoms with E-state index < -0.39 is 0 Å². The van der Waals surface area contributed by atoms with Crippen LogP contribution in [0.2, 0.25) is 0 Å². The lowest BCUT2D eigenvalue weighted by atomic mass is 10.0. The minimum atomic E-state index is 0. The van der Waals surface area contributed by atoms with Crippen LogP contribution in [0.5, 0.6) is 0 Å². The zero-order valence-corrected chi connectivity index (χ0v) is 20.4. The fourth-order valence-corrected chi connectivity index (χ4v) is 3.62. The molecule has 2 aliphatic rings. The third kappa shape index (κ3) is 7.67. The van der Waals surface area contributed by atoms with E-state index in [2.05, 4.69) is 39.6 Å². The number of halogens is 1. The van der Waals surface area contributed by atoms with Crippen LogP contribution in [0.1, 0.15) is 57.1 Å². The first kappa shape index (κ1) is 24.3. The van der Waals surface area contributed by atoms with Crippen LogP contribution in [0.4, 0.5) is 0 Å². The Morgan fingerprint density at radius 1 is 1.31 bits per heavy atom. The lowest BCUT2D eigenvalue weighted by molar-refractivity contribution is 0.0203. The van der Waals surface area contributed by atoms with Crippen molar-refractivity contribution in [1.29, 1.82) is 0 Å². The molecule has 0 bridgehead atoms. The Bertz CT molecular complexity index is 630. The number of nitrogens with zero attached hydrogens (tertiary/aromatic N) is 4. The van der Waals surface area contributed by atoms with Gasteiger partial charge in [0.2, 0.25) is 0 Å². The maximum absolute atomic E-state index is 5.82. The molecular formula is C20H37IN6O2. The molecular weight excluding hydrogens is 483 g/mol. The van der Waals surface area contributed by atoms with E-state index in [1.165, 1.54) is 0 Å². The standard InChI is InChI=1S/C20H36N6O2.HI/c1-15(2)19-24-18-6-5-17(13-26(18)25-19)23-20(21-3)22-9-4-10-28-14-16-7-11-27-12-8-16;/h15-17H,4-14H2,1-3H3,(H2,21,22,23);1H. The topological polar surface area (TPSA) is 85.6 Å². The van der Waals surface area contributed by atoms with Crippen molar-refractivity contribution in [2.75, 3.05) is 40.0 Å². The quantitative estimate of drug-likeness (QED) is 0.237. The van der Waals surface area contributed by atoms with E-state index in [1.54, 1.807) is 0 Å². The molecule has 1 saturated heterocycles. The van der Waals surface area contributed by atoms with Crippen LogP contribution in [0.25, 0.3) is 0 Å². The second-order valence-electron chi connectivity index (χ2n) is 8.09. The van der Waals surface area contributed by atoms with Gasteiger partial charge in [0.1, 0.15) is 5.82 Å². The summed E-state index contributed by atoms with van der Waals surface area (Å²) in [7, 11) is 1.82. The lowest BCUT2D eigenvalue weighted by Gasteiger charge is -2.25. The van der Waals surface area contributed by atoms with Crippen LogP contribution in [0.15, 0.2) is 4.99 Å². The summed E-state index contributed by atoms with van der Waals surface area (Å²) in [5.74, 6) is 3.93. The van der Waals surface area contributed by atoms with E-state index in [0.717, 1.165) is 89.2 Å². The van der Waals surface area contributed by atoms with Crippen molar-refractivity contribution in [2.45, 2.75) is 64.5 Å².